The van der Waals surface area contributed by atoms with E-state index in [9.17, 15) is 9.59 Å². The zero-order chi connectivity index (χ0) is 14.8. The summed E-state index contributed by atoms with van der Waals surface area (Å²) < 4.78 is 5.07. The number of carbonyl (C=O) groups excluding carboxylic acids is 2. The molecule has 0 radical (unpaired) electrons. The van der Waals surface area contributed by atoms with Gasteiger partial charge >= 0.3 is 5.97 Å². The summed E-state index contributed by atoms with van der Waals surface area (Å²) in [6, 6.07) is 9.37. The molecule has 1 aromatic carbocycles. The predicted octanol–water partition coefficient (Wildman–Crippen LogP) is 3.16. The van der Waals surface area contributed by atoms with E-state index in [4.69, 9.17) is 4.74 Å². The number of para-hydroxylation sites is 1. The van der Waals surface area contributed by atoms with Gasteiger partial charge in [0.2, 0.25) is 5.91 Å². The molecule has 0 bridgehead atoms. The summed E-state index contributed by atoms with van der Waals surface area (Å²) in [5.74, 6) is -0.377. The second-order valence-corrected chi connectivity index (χ2v) is 4.72. The van der Waals surface area contributed by atoms with Gasteiger partial charge in [0.1, 0.15) is 0 Å². The van der Waals surface area contributed by atoms with Crippen molar-refractivity contribution < 1.29 is 14.3 Å². The van der Waals surface area contributed by atoms with E-state index in [2.05, 4.69) is 6.92 Å². The molecule has 0 aliphatic heterocycles. The van der Waals surface area contributed by atoms with Gasteiger partial charge in [0.25, 0.3) is 0 Å². The zero-order valence-corrected chi connectivity index (χ0v) is 12.3. The standard InChI is InChI=1S/C16H23NO3/c1-3-4-8-13-20-16(19)12-11-15(18)17(2)14-9-6-5-7-10-14/h5-7,9-10H,3-4,8,11-13H2,1-2H3. The number of esters is 1. The van der Waals surface area contributed by atoms with E-state index in [-0.39, 0.29) is 24.7 Å². The number of hydrogen-bond donors (Lipinski definition) is 0. The van der Waals surface area contributed by atoms with Crippen LogP contribution in [-0.2, 0) is 14.3 Å². The first-order valence-electron chi connectivity index (χ1n) is 7.12. The molecule has 1 rings (SSSR count). The highest BCUT2D eigenvalue weighted by Gasteiger charge is 2.13. The van der Waals surface area contributed by atoms with Gasteiger partial charge in [-0.1, -0.05) is 38.0 Å². The van der Waals surface area contributed by atoms with Crippen molar-refractivity contribution in [3.8, 4) is 0 Å². The summed E-state index contributed by atoms with van der Waals surface area (Å²) >= 11 is 0. The van der Waals surface area contributed by atoms with Crippen LogP contribution in [0.1, 0.15) is 39.0 Å². The molecule has 4 heteroatoms. The SMILES string of the molecule is CCCCCOC(=O)CCC(=O)N(C)c1ccccc1. The van der Waals surface area contributed by atoms with Crippen LogP contribution in [0.3, 0.4) is 0 Å². The van der Waals surface area contributed by atoms with Crippen LogP contribution in [0.25, 0.3) is 0 Å². The Hall–Kier alpha value is -1.84. The Balaban J connectivity index is 2.27. The van der Waals surface area contributed by atoms with Crippen LogP contribution in [-0.4, -0.2) is 25.5 Å². The number of carbonyl (C=O) groups is 2. The second-order valence-electron chi connectivity index (χ2n) is 4.72. The topological polar surface area (TPSA) is 46.6 Å². The molecule has 1 aromatic rings. The number of anilines is 1. The van der Waals surface area contributed by atoms with Gasteiger partial charge in [0, 0.05) is 19.2 Å². The molecular formula is C16H23NO3. The molecule has 0 spiro atoms. The number of amides is 1. The van der Waals surface area contributed by atoms with Crippen LogP contribution in [0, 0.1) is 0 Å². The molecule has 0 N–H and O–H groups in total. The third kappa shape index (κ3) is 5.87. The van der Waals surface area contributed by atoms with Crippen molar-refractivity contribution in [3.63, 3.8) is 0 Å². The average molecular weight is 277 g/mol. The van der Waals surface area contributed by atoms with Gasteiger partial charge in [-0.05, 0) is 18.6 Å². The Kier molecular flexibility index (Phi) is 7.40. The average Bonchev–Trinajstić information content (AvgIpc) is 2.49. The van der Waals surface area contributed by atoms with Crippen molar-refractivity contribution in [2.24, 2.45) is 0 Å². The monoisotopic (exact) mass is 277 g/mol. The van der Waals surface area contributed by atoms with E-state index in [0.717, 1.165) is 24.9 Å². The third-order valence-electron chi connectivity index (χ3n) is 3.07. The Bertz CT molecular complexity index is 417. The fourth-order valence-corrected chi connectivity index (χ4v) is 1.78. The summed E-state index contributed by atoms with van der Waals surface area (Å²) in [5, 5.41) is 0. The van der Waals surface area contributed by atoms with E-state index in [1.165, 1.54) is 0 Å². The first-order valence-corrected chi connectivity index (χ1v) is 7.12. The van der Waals surface area contributed by atoms with Crippen LogP contribution in [0.2, 0.25) is 0 Å². The van der Waals surface area contributed by atoms with Gasteiger partial charge in [0.05, 0.1) is 13.0 Å². The Morgan fingerprint density at radius 2 is 1.80 bits per heavy atom. The van der Waals surface area contributed by atoms with Crippen LogP contribution >= 0.6 is 0 Å². The van der Waals surface area contributed by atoms with E-state index in [0.29, 0.717) is 6.61 Å². The van der Waals surface area contributed by atoms with E-state index < -0.39 is 0 Å². The quantitative estimate of drug-likeness (QED) is 0.541. The van der Waals surface area contributed by atoms with E-state index >= 15 is 0 Å². The molecule has 0 heterocycles. The minimum Gasteiger partial charge on any atom is -0.466 e. The number of nitrogens with zero attached hydrogens (tertiary/aromatic N) is 1. The van der Waals surface area contributed by atoms with E-state index in [1.54, 1.807) is 11.9 Å². The van der Waals surface area contributed by atoms with Crippen molar-refractivity contribution in [1.29, 1.82) is 0 Å². The molecule has 0 saturated heterocycles. The smallest absolute Gasteiger partial charge is 0.306 e. The van der Waals surface area contributed by atoms with Gasteiger partial charge in [0.15, 0.2) is 0 Å². The number of benzene rings is 1. The molecular weight excluding hydrogens is 254 g/mol. The lowest BCUT2D eigenvalue weighted by Crippen LogP contribution is -2.26. The zero-order valence-electron chi connectivity index (χ0n) is 12.3. The number of rotatable bonds is 8. The van der Waals surface area contributed by atoms with Gasteiger partial charge in [-0.3, -0.25) is 9.59 Å². The van der Waals surface area contributed by atoms with Crippen molar-refractivity contribution in [2.45, 2.75) is 39.0 Å². The van der Waals surface area contributed by atoms with Crippen molar-refractivity contribution >= 4 is 17.6 Å². The Morgan fingerprint density at radius 1 is 1.10 bits per heavy atom. The Labute approximate surface area is 120 Å². The van der Waals surface area contributed by atoms with Crippen LogP contribution in [0.15, 0.2) is 30.3 Å². The second kappa shape index (κ2) is 9.13. The van der Waals surface area contributed by atoms with Crippen LogP contribution < -0.4 is 4.90 Å². The third-order valence-corrected chi connectivity index (χ3v) is 3.07. The molecule has 0 atom stereocenters. The molecule has 0 fully saturated rings. The first-order chi connectivity index (χ1) is 9.65. The predicted molar refractivity (Wildman–Crippen MR) is 79.6 cm³/mol. The molecule has 0 aliphatic carbocycles. The lowest BCUT2D eigenvalue weighted by molar-refractivity contribution is -0.144. The van der Waals surface area contributed by atoms with Crippen LogP contribution in [0.4, 0.5) is 5.69 Å². The summed E-state index contributed by atoms with van der Waals surface area (Å²) in [4.78, 5) is 25.0. The summed E-state index contributed by atoms with van der Waals surface area (Å²) in [7, 11) is 1.71. The van der Waals surface area contributed by atoms with Crippen LogP contribution in [0.5, 0.6) is 0 Å². The largest absolute Gasteiger partial charge is 0.466 e. The fourth-order valence-electron chi connectivity index (χ4n) is 1.78. The highest BCUT2D eigenvalue weighted by atomic mass is 16.5. The van der Waals surface area contributed by atoms with Gasteiger partial charge in [-0.2, -0.15) is 0 Å². The maximum atomic E-state index is 11.9. The molecule has 110 valence electrons. The molecule has 0 saturated carbocycles. The lowest BCUT2D eigenvalue weighted by atomic mass is 10.2. The van der Waals surface area contributed by atoms with Gasteiger partial charge < -0.3 is 9.64 Å². The van der Waals surface area contributed by atoms with E-state index in [1.807, 2.05) is 30.3 Å². The summed E-state index contributed by atoms with van der Waals surface area (Å²) in [5.41, 5.74) is 0.828. The van der Waals surface area contributed by atoms with Crippen molar-refractivity contribution in [1.82, 2.24) is 0 Å². The molecule has 20 heavy (non-hydrogen) atoms. The van der Waals surface area contributed by atoms with Crippen molar-refractivity contribution in [3.05, 3.63) is 30.3 Å². The normalized spacial score (nSPS) is 10.1. The first kappa shape index (κ1) is 16.2. The molecule has 0 aromatic heterocycles. The summed E-state index contributed by atoms with van der Waals surface area (Å²) in [6.07, 6.45) is 3.36. The highest BCUT2D eigenvalue weighted by Crippen LogP contribution is 2.12. The maximum absolute atomic E-state index is 11.9. The highest BCUT2D eigenvalue weighted by molar-refractivity contribution is 5.94. The summed E-state index contributed by atoms with van der Waals surface area (Å²) in [6.45, 7) is 2.55. The molecule has 1 amide bonds. The lowest BCUT2D eigenvalue weighted by Gasteiger charge is -2.16. The Morgan fingerprint density at radius 3 is 2.45 bits per heavy atom. The minimum absolute atomic E-state index is 0.0818. The minimum atomic E-state index is -0.295. The maximum Gasteiger partial charge on any atom is 0.306 e. The van der Waals surface area contributed by atoms with Crippen molar-refractivity contribution in [2.75, 3.05) is 18.6 Å². The number of unbranched alkanes of at least 4 members (excludes halogenated alkanes) is 2. The molecule has 0 aliphatic rings. The fraction of sp³-hybridized carbons (Fsp3) is 0.500. The molecule has 4 nitrogen and oxygen atoms in total. The number of hydrogen-bond acceptors (Lipinski definition) is 3. The van der Waals surface area contributed by atoms with Gasteiger partial charge in [-0.25, -0.2) is 0 Å². The number of ether oxygens (including phenoxy) is 1. The molecule has 0 unspecified atom stereocenters. The van der Waals surface area contributed by atoms with Gasteiger partial charge in [-0.15, -0.1) is 0 Å².